The van der Waals surface area contributed by atoms with E-state index in [9.17, 15) is 14.7 Å². The molecule has 25 heavy (non-hydrogen) atoms. The fourth-order valence-electron chi connectivity index (χ4n) is 3.18. The SMILES string of the molecule is CCC(C/C(C)=C/Cc1c(O)c2c(c(C)c1OC)COC2=O)C(=O)O. The predicted octanol–water partition coefficient (Wildman–Crippen LogP) is 3.37. The first-order valence-corrected chi connectivity index (χ1v) is 8.28. The number of fused-ring (bicyclic) bond motifs is 1. The molecule has 0 aromatic heterocycles. The average Bonchev–Trinajstić information content (AvgIpc) is 2.96. The van der Waals surface area contributed by atoms with Crippen molar-refractivity contribution >= 4 is 11.9 Å². The molecule has 1 unspecified atom stereocenters. The molecule has 2 rings (SSSR count). The Morgan fingerprint density at radius 2 is 2.12 bits per heavy atom. The van der Waals surface area contributed by atoms with Crippen LogP contribution in [0.5, 0.6) is 11.5 Å². The van der Waals surface area contributed by atoms with E-state index in [4.69, 9.17) is 14.6 Å². The number of benzene rings is 1. The average molecular weight is 348 g/mol. The summed E-state index contributed by atoms with van der Waals surface area (Å²) < 4.78 is 10.5. The summed E-state index contributed by atoms with van der Waals surface area (Å²) in [7, 11) is 1.52. The second-order valence-corrected chi connectivity index (χ2v) is 6.32. The fourth-order valence-corrected chi connectivity index (χ4v) is 3.18. The molecule has 1 aromatic carbocycles. The number of methoxy groups -OCH3 is 1. The quantitative estimate of drug-likeness (QED) is 0.580. The van der Waals surface area contributed by atoms with E-state index in [1.54, 1.807) is 0 Å². The second kappa shape index (κ2) is 7.59. The van der Waals surface area contributed by atoms with Gasteiger partial charge in [-0.1, -0.05) is 18.6 Å². The van der Waals surface area contributed by atoms with E-state index in [0.29, 0.717) is 36.1 Å². The fraction of sp³-hybridized carbons (Fsp3) is 0.474. The summed E-state index contributed by atoms with van der Waals surface area (Å²) in [6.45, 7) is 5.67. The lowest BCUT2D eigenvalue weighted by Gasteiger charge is -2.16. The van der Waals surface area contributed by atoms with Crippen LogP contribution in [0.1, 0.15) is 53.7 Å². The smallest absolute Gasteiger partial charge is 0.342 e. The third-order valence-electron chi connectivity index (χ3n) is 4.71. The van der Waals surface area contributed by atoms with Gasteiger partial charge in [-0.25, -0.2) is 4.79 Å². The Labute approximate surface area is 147 Å². The molecule has 6 nitrogen and oxygen atoms in total. The van der Waals surface area contributed by atoms with Gasteiger partial charge in [0.25, 0.3) is 0 Å². The van der Waals surface area contributed by atoms with Gasteiger partial charge in [0.1, 0.15) is 23.7 Å². The maximum absolute atomic E-state index is 11.9. The van der Waals surface area contributed by atoms with Crippen LogP contribution in [0.25, 0.3) is 0 Å². The van der Waals surface area contributed by atoms with E-state index in [2.05, 4.69) is 0 Å². The molecular formula is C19H24O6. The van der Waals surface area contributed by atoms with Crippen LogP contribution in [0.2, 0.25) is 0 Å². The zero-order chi connectivity index (χ0) is 18.7. The van der Waals surface area contributed by atoms with Crippen molar-refractivity contribution in [2.45, 2.75) is 46.6 Å². The predicted molar refractivity (Wildman–Crippen MR) is 92.0 cm³/mol. The summed E-state index contributed by atoms with van der Waals surface area (Å²) >= 11 is 0. The molecule has 2 N–H and O–H groups in total. The van der Waals surface area contributed by atoms with E-state index in [-0.39, 0.29) is 17.9 Å². The van der Waals surface area contributed by atoms with Gasteiger partial charge in [-0.05, 0) is 38.7 Å². The zero-order valence-electron chi connectivity index (χ0n) is 15.0. The van der Waals surface area contributed by atoms with Crippen LogP contribution in [0.3, 0.4) is 0 Å². The van der Waals surface area contributed by atoms with Crippen molar-refractivity contribution in [2.24, 2.45) is 5.92 Å². The highest BCUT2D eigenvalue weighted by atomic mass is 16.5. The van der Waals surface area contributed by atoms with Gasteiger partial charge in [-0.3, -0.25) is 4.79 Å². The Bertz CT molecular complexity index is 732. The highest BCUT2D eigenvalue weighted by molar-refractivity contribution is 5.98. The largest absolute Gasteiger partial charge is 0.507 e. The lowest BCUT2D eigenvalue weighted by atomic mass is 9.93. The number of hydrogen-bond donors (Lipinski definition) is 2. The number of aromatic hydroxyl groups is 1. The number of rotatable bonds is 7. The third kappa shape index (κ3) is 3.62. The van der Waals surface area contributed by atoms with Crippen LogP contribution < -0.4 is 4.74 Å². The van der Waals surface area contributed by atoms with Crippen molar-refractivity contribution in [3.8, 4) is 11.5 Å². The maximum atomic E-state index is 11.9. The number of phenolic OH excluding ortho intramolecular Hbond substituents is 1. The Morgan fingerprint density at radius 1 is 1.44 bits per heavy atom. The van der Waals surface area contributed by atoms with Crippen LogP contribution in [0, 0.1) is 12.8 Å². The van der Waals surface area contributed by atoms with Crippen molar-refractivity contribution in [3.05, 3.63) is 33.9 Å². The van der Waals surface area contributed by atoms with E-state index in [1.807, 2.05) is 26.8 Å². The number of allylic oxidation sites excluding steroid dienone is 2. The molecule has 0 radical (unpaired) electrons. The molecule has 1 aliphatic heterocycles. The molecule has 0 spiro atoms. The Kier molecular flexibility index (Phi) is 5.72. The molecule has 0 amide bonds. The van der Waals surface area contributed by atoms with Crippen molar-refractivity contribution in [1.82, 2.24) is 0 Å². The summed E-state index contributed by atoms with van der Waals surface area (Å²) in [5.41, 5.74) is 3.06. The summed E-state index contributed by atoms with van der Waals surface area (Å²) in [5, 5.41) is 19.7. The van der Waals surface area contributed by atoms with Crippen molar-refractivity contribution in [3.63, 3.8) is 0 Å². The molecule has 136 valence electrons. The standard InChI is InChI=1S/C19H24O6/c1-5-12(18(21)22)8-10(2)6-7-13-16(20)15-14(9-25-19(15)23)11(3)17(13)24-4/h6,12,20H,5,7-9H2,1-4H3,(H,21,22)/b10-6+. The number of cyclic esters (lactones) is 1. The van der Waals surface area contributed by atoms with E-state index in [1.165, 1.54) is 7.11 Å². The number of hydrogen-bond acceptors (Lipinski definition) is 5. The molecule has 1 atom stereocenters. The molecule has 1 aliphatic rings. The molecule has 0 saturated heterocycles. The van der Waals surface area contributed by atoms with Crippen LogP contribution >= 0.6 is 0 Å². The number of aliphatic carboxylic acids is 1. The molecule has 1 heterocycles. The molecule has 0 aliphatic carbocycles. The van der Waals surface area contributed by atoms with Crippen molar-refractivity contribution in [2.75, 3.05) is 7.11 Å². The topological polar surface area (TPSA) is 93.1 Å². The van der Waals surface area contributed by atoms with Gasteiger partial charge in [-0.2, -0.15) is 0 Å². The summed E-state index contributed by atoms with van der Waals surface area (Å²) in [6, 6.07) is 0. The zero-order valence-corrected chi connectivity index (χ0v) is 15.0. The normalized spacial score (nSPS) is 14.9. The molecule has 1 aromatic rings. The number of phenols is 1. The number of esters is 1. The molecular weight excluding hydrogens is 324 g/mol. The highest BCUT2D eigenvalue weighted by Crippen LogP contribution is 2.42. The number of carboxylic acids is 1. The summed E-state index contributed by atoms with van der Waals surface area (Å²) in [6.07, 6.45) is 3.22. The van der Waals surface area contributed by atoms with Crippen LogP contribution in [0.4, 0.5) is 0 Å². The minimum atomic E-state index is -0.813. The monoisotopic (exact) mass is 348 g/mol. The van der Waals surface area contributed by atoms with Gasteiger partial charge in [0.15, 0.2) is 0 Å². The Balaban J connectivity index is 2.35. The van der Waals surface area contributed by atoms with Gasteiger partial charge in [0.05, 0.1) is 13.0 Å². The van der Waals surface area contributed by atoms with Gasteiger partial charge in [-0.15, -0.1) is 0 Å². The van der Waals surface area contributed by atoms with Crippen molar-refractivity contribution in [1.29, 1.82) is 0 Å². The maximum Gasteiger partial charge on any atom is 0.342 e. The lowest BCUT2D eigenvalue weighted by Crippen LogP contribution is -2.12. The first-order chi connectivity index (χ1) is 11.8. The third-order valence-corrected chi connectivity index (χ3v) is 4.71. The molecule has 0 fully saturated rings. The van der Waals surface area contributed by atoms with Crippen LogP contribution in [0.15, 0.2) is 11.6 Å². The molecule has 6 heteroatoms. The Morgan fingerprint density at radius 3 is 2.68 bits per heavy atom. The summed E-state index contributed by atoms with van der Waals surface area (Å²) in [5.74, 6) is -1.36. The van der Waals surface area contributed by atoms with Gasteiger partial charge in [0.2, 0.25) is 0 Å². The van der Waals surface area contributed by atoms with Gasteiger partial charge >= 0.3 is 11.9 Å². The minimum Gasteiger partial charge on any atom is -0.507 e. The van der Waals surface area contributed by atoms with Crippen LogP contribution in [-0.4, -0.2) is 29.3 Å². The molecule has 0 bridgehead atoms. The number of carbonyl (C=O) groups excluding carboxylic acids is 1. The van der Waals surface area contributed by atoms with Crippen molar-refractivity contribution < 1.29 is 29.3 Å². The summed E-state index contributed by atoms with van der Waals surface area (Å²) in [4.78, 5) is 23.0. The molecule has 0 saturated carbocycles. The van der Waals surface area contributed by atoms with E-state index >= 15 is 0 Å². The van der Waals surface area contributed by atoms with Gasteiger partial charge in [0, 0.05) is 11.1 Å². The van der Waals surface area contributed by atoms with E-state index in [0.717, 1.165) is 11.1 Å². The van der Waals surface area contributed by atoms with Gasteiger partial charge < -0.3 is 19.7 Å². The lowest BCUT2D eigenvalue weighted by molar-refractivity contribution is -0.141. The van der Waals surface area contributed by atoms with Crippen LogP contribution in [-0.2, 0) is 22.6 Å². The number of carboxylic acid groups (broad SMARTS) is 1. The second-order valence-electron chi connectivity index (χ2n) is 6.32. The first-order valence-electron chi connectivity index (χ1n) is 8.28. The minimum absolute atomic E-state index is 0.116. The van der Waals surface area contributed by atoms with E-state index < -0.39 is 17.9 Å². The highest BCUT2D eigenvalue weighted by Gasteiger charge is 2.31. The first kappa shape index (κ1) is 18.8. The Hall–Kier alpha value is -2.50. The number of ether oxygens (including phenoxy) is 2. The number of carbonyl (C=O) groups is 2.